The van der Waals surface area contributed by atoms with E-state index in [4.69, 9.17) is 11.6 Å². The first-order chi connectivity index (χ1) is 12.0. The smallest absolute Gasteiger partial charge is 0.229 e. The van der Waals surface area contributed by atoms with Gasteiger partial charge in [-0.1, -0.05) is 49.7 Å². The van der Waals surface area contributed by atoms with Gasteiger partial charge in [-0.15, -0.1) is 0 Å². The number of carbonyl (C=O) groups excluding carboxylic acids is 2. The van der Waals surface area contributed by atoms with Crippen molar-refractivity contribution in [3.05, 3.63) is 59.1 Å². The zero-order chi connectivity index (χ0) is 18.0. The van der Waals surface area contributed by atoms with E-state index in [2.05, 4.69) is 19.2 Å². The Labute approximate surface area is 152 Å². The Morgan fingerprint density at radius 2 is 1.84 bits per heavy atom. The molecular formula is C20H21ClN2O2. The van der Waals surface area contributed by atoms with Gasteiger partial charge in [0, 0.05) is 18.7 Å². The second kappa shape index (κ2) is 7.28. The number of rotatable bonds is 4. The Bertz CT molecular complexity index is 787. The number of nitrogens with zero attached hydrogens (tertiary/aromatic N) is 1. The van der Waals surface area contributed by atoms with Crippen molar-refractivity contribution >= 4 is 34.8 Å². The van der Waals surface area contributed by atoms with Crippen LogP contribution in [0.1, 0.15) is 31.7 Å². The van der Waals surface area contributed by atoms with E-state index in [0.717, 1.165) is 5.69 Å². The van der Waals surface area contributed by atoms with Gasteiger partial charge in [-0.3, -0.25) is 9.59 Å². The zero-order valence-corrected chi connectivity index (χ0v) is 15.1. The highest BCUT2D eigenvalue weighted by molar-refractivity contribution is 6.33. The lowest BCUT2D eigenvalue weighted by Gasteiger charge is -2.18. The van der Waals surface area contributed by atoms with Crippen molar-refractivity contribution in [2.24, 2.45) is 5.92 Å². The second-order valence-electron chi connectivity index (χ2n) is 6.62. The number of amides is 2. The van der Waals surface area contributed by atoms with Gasteiger partial charge in [-0.25, -0.2) is 0 Å². The maximum atomic E-state index is 12.5. The SMILES string of the molecule is CC(C)c1ccc(NC(=O)[C@H]2CC(=O)N(c3ccccc3Cl)C2)cc1. The highest BCUT2D eigenvalue weighted by Gasteiger charge is 2.35. The molecule has 1 N–H and O–H groups in total. The third kappa shape index (κ3) is 3.85. The van der Waals surface area contributed by atoms with Crippen molar-refractivity contribution < 1.29 is 9.59 Å². The average molecular weight is 357 g/mol. The Balaban J connectivity index is 1.67. The van der Waals surface area contributed by atoms with Crippen LogP contribution in [0.15, 0.2) is 48.5 Å². The molecule has 1 aliphatic heterocycles. The summed E-state index contributed by atoms with van der Waals surface area (Å²) in [5.41, 5.74) is 2.63. The molecule has 0 spiro atoms. The fourth-order valence-electron chi connectivity index (χ4n) is 2.98. The number of hydrogen-bond donors (Lipinski definition) is 1. The van der Waals surface area contributed by atoms with Crippen LogP contribution in [0.5, 0.6) is 0 Å². The maximum absolute atomic E-state index is 12.5. The van der Waals surface area contributed by atoms with E-state index in [1.54, 1.807) is 17.0 Å². The molecule has 2 amide bonds. The summed E-state index contributed by atoms with van der Waals surface area (Å²) in [6.07, 6.45) is 0.196. The third-order valence-corrected chi connectivity index (χ3v) is 4.80. The van der Waals surface area contributed by atoms with Crippen LogP contribution in [0.2, 0.25) is 5.02 Å². The van der Waals surface area contributed by atoms with Crippen LogP contribution in [0.4, 0.5) is 11.4 Å². The molecule has 1 atom stereocenters. The van der Waals surface area contributed by atoms with Gasteiger partial charge >= 0.3 is 0 Å². The predicted molar refractivity (Wildman–Crippen MR) is 101 cm³/mol. The molecule has 1 aliphatic rings. The van der Waals surface area contributed by atoms with Crippen LogP contribution in [0, 0.1) is 5.92 Å². The van der Waals surface area contributed by atoms with Crippen molar-refractivity contribution in [1.29, 1.82) is 0 Å². The predicted octanol–water partition coefficient (Wildman–Crippen LogP) is 4.46. The van der Waals surface area contributed by atoms with Crippen molar-refractivity contribution in [2.45, 2.75) is 26.2 Å². The van der Waals surface area contributed by atoms with Gasteiger partial charge in [0.05, 0.1) is 16.6 Å². The summed E-state index contributed by atoms with van der Waals surface area (Å²) in [6, 6.07) is 15.0. The van der Waals surface area contributed by atoms with E-state index in [1.807, 2.05) is 36.4 Å². The van der Waals surface area contributed by atoms with Crippen LogP contribution in [0.3, 0.4) is 0 Å². The first-order valence-corrected chi connectivity index (χ1v) is 8.79. The van der Waals surface area contributed by atoms with Gasteiger partial charge in [0.15, 0.2) is 0 Å². The number of hydrogen-bond acceptors (Lipinski definition) is 2. The summed E-state index contributed by atoms with van der Waals surface area (Å²) in [5.74, 6) is -0.154. The summed E-state index contributed by atoms with van der Waals surface area (Å²) in [7, 11) is 0. The van der Waals surface area contributed by atoms with Crippen molar-refractivity contribution in [3.63, 3.8) is 0 Å². The number of anilines is 2. The normalized spacial score (nSPS) is 17.2. The quantitative estimate of drug-likeness (QED) is 0.879. The second-order valence-corrected chi connectivity index (χ2v) is 7.03. The molecule has 0 saturated carbocycles. The van der Waals surface area contributed by atoms with Crippen molar-refractivity contribution in [1.82, 2.24) is 0 Å². The van der Waals surface area contributed by atoms with Crippen molar-refractivity contribution in [2.75, 3.05) is 16.8 Å². The molecule has 130 valence electrons. The highest BCUT2D eigenvalue weighted by Crippen LogP contribution is 2.31. The molecule has 0 unspecified atom stereocenters. The summed E-state index contributed by atoms with van der Waals surface area (Å²) in [4.78, 5) is 26.4. The molecule has 0 aliphatic carbocycles. The minimum atomic E-state index is -0.381. The molecular weight excluding hydrogens is 336 g/mol. The van der Waals surface area contributed by atoms with Gasteiger partial charge in [0.2, 0.25) is 11.8 Å². The molecule has 5 heteroatoms. The Hall–Kier alpha value is -2.33. The monoisotopic (exact) mass is 356 g/mol. The van der Waals surface area contributed by atoms with Crippen LogP contribution < -0.4 is 10.2 Å². The highest BCUT2D eigenvalue weighted by atomic mass is 35.5. The molecule has 0 radical (unpaired) electrons. The molecule has 0 bridgehead atoms. The summed E-state index contributed by atoms with van der Waals surface area (Å²) >= 11 is 6.17. The molecule has 0 aromatic heterocycles. The first-order valence-electron chi connectivity index (χ1n) is 8.41. The van der Waals surface area contributed by atoms with E-state index < -0.39 is 0 Å². The van der Waals surface area contributed by atoms with Gasteiger partial charge in [0.1, 0.15) is 0 Å². The van der Waals surface area contributed by atoms with Crippen molar-refractivity contribution in [3.8, 4) is 0 Å². The minimum Gasteiger partial charge on any atom is -0.326 e. The Morgan fingerprint density at radius 3 is 2.48 bits per heavy atom. The van der Waals surface area contributed by atoms with Gasteiger partial charge in [-0.05, 0) is 35.7 Å². The number of nitrogens with one attached hydrogen (secondary N) is 1. The first kappa shape index (κ1) is 17.5. The fraction of sp³-hybridized carbons (Fsp3) is 0.300. The summed E-state index contributed by atoms with van der Waals surface area (Å²) in [5, 5.41) is 3.42. The van der Waals surface area contributed by atoms with Crippen LogP contribution in [0.25, 0.3) is 0 Å². The standard InChI is InChI=1S/C20H21ClN2O2/c1-13(2)14-7-9-16(10-8-14)22-20(25)15-11-19(24)23(12-15)18-6-4-3-5-17(18)21/h3-10,13,15H,11-12H2,1-2H3,(H,22,25)/t15-/m0/s1. The molecule has 1 saturated heterocycles. The topological polar surface area (TPSA) is 49.4 Å². The lowest BCUT2D eigenvalue weighted by Crippen LogP contribution is -2.28. The molecule has 4 nitrogen and oxygen atoms in total. The molecule has 25 heavy (non-hydrogen) atoms. The molecule has 1 heterocycles. The van der Waals surface area contributed by atoms with E-state index in [9.17, 15) is 9.59 Å². The van der Waals surface area contributed by atoms with Gasteiger partial charge in [-0.2, -0.15) is 0 Å². The zero-order valence-electron chi connectivity index (χ0n) is 14.3. The number of carbonyl (C=O) groups is 2. The van der Waals surface area contributed by atoms with E-state index in [-0.39, 0.29) is 24.2 Å². The Kier molecular flexibility index (Phi) is 5.09. The van der Waals surface area contributed by atoms with Gasteiger partial charge < -0.3 is 10.2 Å². The lowest BCUT2D eigenvalue weighted by atomic mass is 10.0. The Morgan fingerprint density at radius 1 is 1.16 bits per heavy atom. The lowest BCUT2D eigenvalue weighted by molar-refractivity contribution is -0.122. The average Bonchev–Trinajstić information content (AvgIpc) is 2.97. The molecule has 2 aromatic rings. The molecule has 2 aromatic carbocycles. The summed E-state index contributed by atoms with van der Waals surface area (Å²) in [6.45, 7) is 4.60. The number of para-hydroxylation sites is 1. The minimum absolute atomic E-state index is 0.0802. The van der Waals surface area contributed by atoms with E-state index >= 15 is 0 Å². The summed E-state index contributed by atoms with van der Waals surface area (Å²) < 4.78 is 0. The van der Waals surface area contributed by atoms with E-state index in [1.165, 1.54) is 5.56 Å². The van der Waals surface area contributed by atoms with E-state index in [0.29, 0.717) is 23.2 Å². The maximum Gasteiger partial charge on any atom is 0.229 e. The molecule has 1 fully saturated rings. The number of benzene rings is 2. The largest absolute Gasteiger partial charge is 0.326 e. The van der Waals surface area contributed by atoms with Crippen LogP contribution >= 0.6 is 11.6 Å². The fourth-order valence-corrected chi connectivity index (χ4v) is 3.22. The van der Waals surface area contributed by atoms with Gasteiger partial charge in [0.25, 0.3) is 0 Å². The number of halogens is 1. The molecule has 3 rings (SSSR count). The van der Waals surface area contributed by atoms with Crippen LogP contribution in [-0.4, -0.2) is 18.4 Å². The van der Waals surface area contributed by atoms with Crippen LogP contribution in [-0.2, 0) is 9.59 Å². The third-order valence-electron chi connectivity index (χ3n) is 4.48.